The lowest BCUT2D eigenvalue weighted by Crippen LogP contribution is -2.45. The molecular weight excluding hydrogens is 224 g/mol. The molecule has 6 nitrogen and oxygen atoms in total. The Kier molecular flexibility index (Phi) is 3.04. The van der Waals surface area contributed by atoms with Gasteiger partial charge in [0.25, 0.3) is 0 Å². The van der Waals surface area contributed by atoms with Crippen molar-refractivity contribution in [1.82, 2.24) is 10.2 Å². The molecule has 17 heavy (non-hydrogen) atoms. The second-order valence-corrected chi connectivity index (χ2v) is 4.59. The number of hydrogen-bond acceptors (Lipinski definition) is 3. The van der Waals surface area contributed by atoms with Gasteiger partial charge in [-0.3, -0.25) is 14.4 Å². The minimum Gasteiger partial charge on any atom is -0.481 e. The Balaban J connectivity index is 2.00. The van der Waals surface area contributed by atoms with Crippen molar-refractivity contribution < 1.29 is 19.5 Å². The highest BCUT2D eigenvalue weighted by atomic mass is 16.4. The predicted octanol–water partition coefficient (Wildman–Crippen LogP) is -0.556. The van der Waals surface area contributed by atoms with Crippen LogP contribution in [0.1, 0.15) is 19.3 Å². The SMILES string of the molecule is CNC(=O)[C@@H]1CCCN1C(=O)[C@H]1C[C@@H]1C(=O)O. The molecular formula is C11H16N2O4. The van der Waals surface area contributed by atoms with Gasteiger partial charge in [-0.05, 0) is 19.3 Å². The molecule has 0 bridgehead atoms. The van der Waals surface area contributed by atoms with E-state index in [1.807, 2.05) is 0 Å². The van der Waals surface area contributed by atoms with Gasteiger partial charge in [-0.2, -0.15) is 0 Å². The van der Waals surface area contributed by atoms with E-state index in [1.54, 1.807) is 7.05 Å². The Bertz CT molecular complexity index is 368. The quantitative estimate of drug-likeness (QED) is 0.692. The van der Waals surface area contributed by atoms with Crippen molar-refractivity contribution in [3.63, 3.8) is 0 Å². The third-order valence-corrected chi connectivity index (χ3v) is 3.51. The molecule has 1 aliphatic heterocycles. The molecule has 1 saturated carbocycles. The average Bonchev–Trinajstić information content (AvgIpc) is 2.97. The van der Waals surface area contributed by atoms with Gasteiger partial charge in [0, 0.05) is 13.6 Å². The van der Waals surface area contributed by atoms with Gasteiger partial charge in [0.2, 0.25) is 11.8 Å². The summed E-state index contributed by atoms with van der Waals surface area (Å²) in [5.41, 5.74) is 0. The first-order valence-corrected chi connectivity index (χ1v) is 5.81. The fraction of sp³-hybridized carbons (Fsp3) is 0.727. The Labute approximate surface area is 99.0 Å². The van der Waals surface area contributed by atoms with E-state index < -0.39 is 23.8 Å². The number of carbonyl (C=O) groups excluding carboxylic acids is 2. The van der Waals surface area contributed by atoms with Crippen LogP contribution in [0.4, 0.5) is 0 Å². The third kappa shape index (κ3) is 2.11. The summed E-state index contributed by atoms with van der Waals surface area (Å²) in [5, 5.41) is 11.3. The molecule has 0 radical (unpaired) electrons. The van der Waals surface area contributed by atoms with Crippen molar-refractivity contribution in [2.24, 2.45) is 11.8 Å². The van der Waals surface area contributed by atoms with Crippen molar-refractivity contribution in [1.29, 1.82) is 0 Å². The van der Waals surface area contributed by atoms with E-state index in [0.29, 0.717) is 19.4 Å². The number of carboxylic acid groups (broad SMARTS) is 1. The summed E-state index contributed by atoms with van der Waals surface area (Å²) in [6, 6.07) is -0.414. The molecule has 2 fully saturated rings. The molecule has 1 aliphatic carbocycles. The first kappa shape index (κ1) is 11.9. The topological polar surface area (TPSA) is 86.7 Å². The van der Waals surface area contributed by atoms with Crippen molar-refractivity contribution >= 4 is 17.8 Å². The van der Waals surface area contributed by atoms with Crippen LogP contribution in [0.15, 0.2) is 0 Å². The lowest BCUT2D eigenvalue weighted by molar-refractivity contribution is -0.143. The molecule has 0 aromatic rings. The van der Waals surface area contributed by atoms with E-state index in [0.717, 1.165) is 6.42 Å². The van der Waals surface area contributed by atoms with Crippen molar-refractivity contribution in [2.45, 2.75) is 25.3 Å². The second kappa shape index (κ2) is 4.35. The highest BCUT2D eigenvalue weighted by Crippen LogP contribution is 2.41. The maximum absolute atomic E-state index is 12.0. The molecule has 3 atom stereocenters. The number of hydrogen-bond donors (Lipinski definition) is 2. The summed E-state index contributed by atoms with van der Waals surface area (Å²) in [6.45, 7) is 0.555. The first-order chi connectivity index (χ1) is 8.06. The zero-order valence-electron chi connectivity index (χ0n) is 9.68. The van der Waals surface area contributed by atoms with Gasteiger partial charge in [0.1, 0.15) is 6.04 Å². The normalized spacial score (nSPS) is 31.1. The van der Waals surface area contributed by atoms with Gasteiger partial charge in [-0.15, -0.1) is 0 Å². The van der Waals surface area contributed by atoms with Crippen LogP contribution in [0, 0.1) is 11.8 Å². The largest absolute Gasteiger partial charge is 0.481 e. The number of carboxylic acids is 1. The van der Waals surface area contributed by atoms with Gasteiger partial charge in [0.05, 0.1) is 11.8 Å². The van der Waals surface area contributed by atoms with Crippen LogP contribution in [0.5, 0.6) is 0 Å². The summed E-state index contributed by atoms with van der Waals surface area (Å²) >= 11 is 0. The fourth-order valence-corrected chi connectivity index (χ4v) is 2.42. The van der Waals surface area contributed by atoms with Gasteiger partial charge < -0.3 is 15.3 Å². The van der Waals surface area contributed by atoms with Crippen LogP contribution in [-0.2, 0) is 14.4 Å². The maximum atomic E-state index is 12.0. The first-order valence-electron chi connectivity index (χ1n) is 5.81. The van der Waals surface area contributed by atoms with Crippen molar-refractivity contribution in [3.8, 4) is 0 Å². The minimum absolute atomic E-state index is 0.164. The van der Waals surface area contributed by atoms with E-state index in [4.69, 9.17) is 5.11 Å². The van der Waals surface area contributed by atoms with Gasteiger partial charge in [-0.1, -0.05) is 0 Å². The molecule has 1 heterocycles. The van der Waals surface area contributed by atoms with E-state index in [9.17, 15) is 14.4 Å². The van der Waals surface area contributed by atoms with Crippen LogP contribution < -0.4 is 5.32 Å². The minimum atomic E-state index is -0.918. The molecule has 0 aromatic heterocycles. The highest BCUT2D eigenvalue weighted by molar-refractivity contribution is 5.93. The maximum Gasteiger partial charge on any atom is 0.307 e. The molecule has 0 aromatic carbocycles. The number of nitrogens with zero attached hydrogens (tertiary/aromatic N) is 1. The molecule has 0 spiro atoms. The third-order valence-electron chi connectivity index (χ3n) is 3.51. The number of likely N-dealkylation sites (tertiary alicyclic amines) is 1. The monoisotopic (exact) mass is 240 g/mol. The lowest BCUT2D eigenvalue weighted by atomic mass is 10.2. The van der Waals surface area contributed by atoms with Gasteiger partial charge >= 0.3 is 5.97 Å². The molecule has 6 heteroatoms. The Morgan fingerprint density at radius 3 is 2.53 bits per heavy atom. The summed E-state index contributed by atoms with van der Waals surface area (Å²) in [4.78, 5) is 35.8. The van der Waals surface area contributed by atoms with E-state index in [2.05, 4.69) is 5.32 Å². The second-order valence-electron chi connectivity index (χ2n) is 4.59. The highest BCUT2D eigenvalue weighted by Gasteiger charge is 2.51. The zero-order valence-corrected chi connectivity index (χ0v) is 9.68. The Morgan fingerprint density at radius 1 is 1.29 bits per heavy atom. The number of carbonyl (C=O) groups is 3. The van der Waals surface area contributed by atoms with Gasteiger partial charge in [0.15, 0.2) is 0 Å². The van der Waals surface area contributed by atoms with E-state index >= 15 is 0 Å². The van der Waals surface area contributed by atoms with Crippen LogP contribution in [0.3, 0.4) is 0 Å². The molecule has 1 saturated heterocycles. The number of aliphatic carboxylic acids is 1. The number of nitrogens with one attached hydrogen (secondary N) is 1. The number of amides is 2. The van der Waals surface area contributed by atoms with E-state index in [1.165, 1.54) is 4.90 Å². The molecule has 2 N–H and O–H groups in total. The number of likely N-dealkylation sites (N-methyl/N-ethyl adjacent to an activating group) is 1. The standard InChI is InChI=1S/C11H16N2O4/c1-12-9(14)8-3-2-4-13(8)10(15)6-5-7(6)11(16)17/h6-8H,2-5H2,1H3,(H,12,14)(H,16,17)/t6-,7-,8-/m0/s1. The summed E-state index contributed by atoms with van der Waals surface area (Å²) < 4.78 is 0. The average molecular weight is 240 g/mol. The van der Waals surface area contributed by atoms with E-state index in [-0.39, 0.29) is 11.8 Å². The zero-order chi connectivity index (χ0) is 12.6. The van der Waals surface area contributed by atoms with Crippen molar-refractivity contribution in [2.75, 3.05) is 13.6 Å². The molecule has 2 aliphatic rings. The molecule has 94 valence electrons. The van der Waals surface area contributed by atoms with Crippen LogP contribution in [0.25, 0.3) is 0 Å². The summed E-state index contributed by atoms with van der Waals surface area (Å²) in [6.07, 6.45) is 1.87. The Morgan fingerprint density at radius 2 is 2.00 bits per heavy atom. The van der Waals surface area contributed by atoms with Crippen LogP contribution in [-0.4, -0.2) is 47.4 Å². The van der Waals surface area contributed by atoms with Crippen molar-refractivity contribution in [3.05, 3.63) is 0 Å². The lowest BCUT2D eigenvalue weighted by Gasteiger charge is -2.23. The Hall–Kier alpha value is -1.59. The molecule has 2 amide bonds. The smallest absolute Gasteiger partial charge is 0.307 e. The molecule has 0 unspecified atom stereocenters. The van der Waals surface area contributed by atoms with Crippen LogP contribution >= 0.6 is 0 Å². The summed E-state index contributed by atoms with van der Waals surface area (Å²) in [7, 11) is 1.54. The number of rotatable bonds is 3. The van der Waals surface area contributed by atoms with Crippen LogP contribution in [0.2, 0.25) is 0 Å². The fourth-order valence-electron chi connectivity index (χ4n) is 2.42. The summed E-state index contributed by atoms with van der Waals surface area (Å²) in [5.74, 6) is -2.22. The van der Waals surface area contributed by atoms with Gasteiger partial charge in [-0.25, -0.2) is 0 Å². The molecule has 2 rings (SSSR count). The predicted molar refractivity (Wildman–Crippen MR) is 58.0 cm³/mol.